The van der Waals surface area contributed by atoms with Crippen molar-refractivity contribution in [1.82, 2.24) is 5.32 Å². The zero-order valence-electron chi connectivity index (χ0n) is 10.4. The molecule has 0 aromatic heterocycles. The van der Waals surface area contributed by atoms with Crippen LogP contribution in [0.15, 0.2) is 24.3 Å². The van der Waals surface area contributed by atoms with Crippen molar-refractivity contribution in [2.75, 3.05) is 0 Å². The Morgan fingerprint density at radius 1 is 1.47 bits per heavy atom. The Labute approximate surface area is 109 Å². The van der Waals surface area contributed by atoms with Gasteiger partial charge in [-0.3, -0.25) is 4.79 Å². The number of carboxylic acid groups (broad SMARTS) is 1. The summed E-state index contributed by atoms with van der Waals surface area (Å²) < 4.78 is 13.7. The van der Waals surface area contributed by atoms with Gasteiger partial charge in [0.05, 0.1) is 0 Å². The summed E-state index contributed by atoms with van der Waals surface area (Å²) in [5, 5.41) is 11.3. The van der Waals surface area contributed by atoms with E-state index in [1.807, 2.05) is 6.92 Å². The van der Waals surface area contributed by atoms with Crippen LogP contribution in [0.25, 0.3) is 6.08 Å². The van der Waals surface area contributed by atoms with Crippen LogP contribution in [0.4, 0.5) is 4.39 Å². The van der Waals surface area contributed by atoms with Gasteiger partial charge in [-0.2, -0.15) is 0 Å². The van der Waals surface area contributed by atoms with Gasteiger partial charge < -0.3 is 10.4 Å². The monoisotopic (exact) mass is 263 g/mol. The number of amides is 1. The molecule has 1 aliphatic rings. The van der Waals surface area contributed by atoms with Crippen LogP contribution in [0, 0.1) is 11.7 Å². The largest absolute Gasteiger partial charge is 0.478 e. The van der Waals surface area contributed by atoms with E-state index in [1.165, 1.54) is 12.1 Å². The molecule has 2 atom stereocenters. The smallest absolute Gasteiger partial charge is 0.328 e. The van der Waals surface area contributed by atoms with E-state index in [0.717, 1.165) is 24.6 Å². The van der Waals surface area contributed by atoms with Crippen molar-refractivity contribution in [3.63, 3.8) is 0 Å². The number of carboxylic acids is 1. The Hall–Kier alpha value is -2.17. The highest BCUT2D eigenvalue weighted by molar-refractivity contribution is 5.95. The number of hydrogen-bond acceptors (Lipinski definition) is 2. The van der Waals surface area contributed by atoms with Gasteiger partial charge >= 0.3 is 5.97 Å². The molecule has 1 aliphatic carbocycles. The number of benzene rings is 1. The van der Waals surface area contributed by atoms with E-state index in [1.54, 1.807) is 0 Å². The first-order chi connectivity index (χ1) is 8.97. The Morgan fingerprint density at radius 3 is 2.68 bits per heavy atom. The molecule has 19 heavy (non-hydrogen) atoms. The number of carbonyl (C=O) groups excluding carboxylic acids is 1. The third-order valence-corrected chi connectivity index (χ3v) is 3.09. The van der Waals surface area contributed by atoms with Crippen LogP contribution < -0.4 is 5.32 Å². The van der Waals surface area contributed by atoms with Crippen molar-refractivity contribution < 1.29 is 19.1 Å². The van der Waals surface area contributed by atoms with Gasteiger partial charge in [0.1, 0.15) is 5.82 Å². The standard InChI is InChI=1S/C14H14FNO3/c1-8-6-12(8)16-14(19)10-3-2-9(11(15)7-10)4-5-13(17)18/h2-5,7-8,12H,6H2,1H3,(H,16,19)(H,17,18)/b5-4+. The Kier molecular flexibility index (Phi) is 3.64. The van der Waals surface area contributed by atoms with Gasteiger partial charge in [0.15, 0.2) is 0 Å². The molecule has 0 bridgehead atoms. The summed E-state index contributed by atoms with van der Waals surface area (Å²) in [7, 11) is 0. The van der Waals surface area contributed by atoms with E-state index in [4.69, 9.17) is 5.11 Å². The van der Waals surface area contributed by atoms with Crippen molar-refractivity contribution in [2.45, 2.75) is 19.4 Å². The zero-order valence-corrected chi connectivity index (χ0v) is 10.4. The maximum Gasteiger partial charge on any atom is 0.328 e. The number of aliphatic carboxylic acids is 1. The maximum atomic E-state index is 13.7. The molecule has 0 spiro atoms. The minimum Gasteiger partial charge on any atom is -0.478 e. The minimum absolute atomic E-state index is 0.138. The van der Waals surface area contributed by atoms with E-state index in [9.17, 15) is 14.0 Å². The fourth-order valence-corrected chi connectivity index (χ4v) is 1.74. The van der Waals surface area contributed by atoms with Crippen LogP contribution >= 0.6 is 0 Å². The molecule has 100 valence electrons. The molecule has 1 aromatic carbocycles. The highest BCUT2D eigenvalue weighted by atomic mass is 19.1. The first kappa shape index (κ1) is 13.3. The quantitative estimate of drug-likeness (QED) is 0.817. The first-order valence-corrected chi connectivity index (χ1v) is 5.99. The molecule has 1 amide bonds. The lowest BCUT2D eigenvalue weighted by Gasteiger charge is -2.05. The molecule has 0 saturated heterocycles. The summed E-state index contributed by atoms with van der Waals surface area (Å²) in [6.45, 7) is 2.03. The van der Waals surface area contributed by atoms with Crippen LogP contribution in [0.3, 0.4) is 0 Å². The topological polar surface area (TPSA) is 66.4 Å². The average molecular weight is 263 g/mol. The molecule has 0 heterocycles. The molecular formula is C14H14FNO3. The second-order valence-corrected chi connectivity index (χ2v) is 4.70. The van der Waals surface area contributed by atoms with E-state index in [-0.39, 0.29) is 23.1 Å². The molecule has 1 fully saturated rings. The van der Waals surface area contributed by atoms with Gasteiger partial charge in [0.2, 0.25) is 0 Å². The lowest BCUT2D eigenvalue weighted by atomic mass is 10.1. The second-order valence-electron chi connectivity index (χ2n) is 4.70. The van der Waals surface area contributed by atoms with Gasteiger partial charge in [-0.15, -0.1) is 0 Å². The van der Waals surface area contributed by atoms with Gasteiger partial charge in [-0.05, 0) is 30.5 Å². The fourth-order valence-electron chi connectivity index (χ4n) is 1.74. The summed E-state index contributed by atoms with van der Waals surface area (Å²) >= 11 is 0. The average Bonchev–Trinajstić information content (AvgIpc) is 3.03. The molecule has 1 saturated carbocycles. The Bertz CT molecular complexity index is 554. The summed E-state index contributed by atoms with van der Waals surface area (Å²) in [5.74, 6) is -1.59. The molecule has 4 nitrogen and oxygen atoms in total. The van der Waals surface area contributed by atoms with E-state index >= 15 is 0 Å². The van der Waals surface area contributed by atoms with Crippen molar-refractivity contribution in [2.24, 2.45) is 5.92 Å². The summed E-state index contributed by atoms with van der Waals surface area (Å²) in [5.41, 5.74) is 0.378. The third kappa shape index (κ3) is 3.40. The van der Waals surface area contributed by atoms with Crippen LogP contribution in [0.2, 0.25) is 0 Å². The van der Waals surface area contributed by atoms with E-state index < -0.39 is 11.8 Å². The Morgan fingerprint density at radius 2 is 2.16 bits per heavy atom. The summed E-state index contributed by atoms with van der Waals surface area (Å²) in [6.07, 6.45) is 2.96. The fraction of sp³-hybridized carbons (Fsp3) is 0.286. The van der Waals surface area contributed by atoms with Gasteiger partial charge in [-0.1, -0.05) is 13.0 Å². The Balaban J connectivity index is 2.09. The molecule has 2 N–H and O–H groups in total. The van der Waals surface area contributed by atoms with E-state index in [2.05, 4.69) is 5.32 Å². The van der Waals surface area contributed by atoms with Crippen LogP contribution in [-0.2, 0) is 4.79 Å². The lowest BCUT2D eigenvalue weighted by Crippen LogP contribution is -2.26. The number of carbonyl (C=O) groups is 2. The molecular weight excluding hydrogens is 249 g/mol. The summed E-state index contributed by atoms with van der Waals surface area (Å²) in [6, 6.07) is 4.17. The van der Waals surface area contributed by atoms with Crippen LogP contribution in [0.1, 0.15) is 29.3 Å². The SMILES string of the molecule is CC1CC1NC(=O)c1ccc(/C=C/C(=O)O)c(F)c1. The van der Waals surface area contributed by atoms with Gasteiger partial charge in [0, 0.05) is 23.2 Å². The zero-order chi connectivity index (χ0) is 14.0. The highest BCUT2D eigenvalue weighted by Gasteiger charge is 2.34. The molecule has 2 unspecified atom stereocenters. The van der Waals surface area contributed by atoms with Crippen molar-refractivity contribution >= 4 is 18.0 Å². The normalized spacial score (nSPS) is 21.4. The number of rotatable bonds is 4. The van der Waals surface area contributed by atoms with Crippen LogP contribution in [0.5, 0.6) is 0 Å². The van der Waals surface area contributed by atoms with Crippen molar-refractivity contribution in [3.8, 4) is 0 Å². The highest BCUT2D eigenvalue weighted by Crippen LogP contribution is 2.29. The molecule has 0 radical (unpaired) electrons. The molecule has 0 aliphatic heterocycles. The third-order valence-electron chi connectivity index (χ3n) is 3.09. The second kappa shape index (κ2) is 5.22. The van der Waals surface area contributed by atoms with E-state index in [0.29, 0.717) is 5.92 Å². The predicted molar refractivity (Wildman–Crippen MR) is 68.1 cm³/mol. The van der Waals surface area contributed by atoms with Gasteiger partial charge in [0.25, 0.3) is 5.91 Å². The van der Waals surface area contributed by atoms with Crippen molar-refractivity contribution in [3.05, 3.63) is 41.2 Å². The number of hydrogen-bond donors (Lipinski definition) is 2. The summed E-state index contributed by atoms with van der Waals surface area (Å²) in [4.78, 5) is 22.1. The molecule has 2 rings (SSSR count). The van der Waals surface area contributed by atoms with Crippen molar-refractivity contribution in [1.29, 1.82) is 0 Å². The lowest BCUT2D eigenvalue weighted by molar-refractivity contribution is -0.131. The van der Waals surface area contributed by atoms with Crippen LogP contribution in [-0.4, -0.2) is 23.0 Å². The molecule has 5 heteroatoms. The number of nitrogens with one attached hydrogen (secondary N) is 1. The predicted octanol–water partition coefficient (Wildman–Crippen LogP) is 2.06. The maximum absolute atomic E-state index is 13.7. The molecule has 1 aromatic rings. The minimum atomic E-state index is -1.15. The first-order valence-electron chi connectivity index (χ1n) is 5.99. The van der Waals surface area contributed by atoms with Gasteiger partial charge in [-0.25, -0.2) is 9.18 Å². The number of halogens is 1.